The number of alkyl halides is 5. The van der Waals surface area contributed by atoms with E-state index in [-0.39, 0.29) is 30.1 Å². The Morgan fingerprint density at radius 2 is 1.71 bits per heavy atom. The van der Waals surface area contributed by atoms with Gasteiger partial charge in [0, 0.05) is 36.9 Å². The molecule has 0 N–H and O–H groups in total. The lowest BCUT2D eigenvalue weighted by atomic mass is 9.57. The predicted molar refractivity (Wildman–Crippen MR) is 141 cm³/mol. The molecular weight excluding hydrogens is 544 g/mol. The van der Waals surface area contributed by atoms with Gasteiger partial charge in [0.1, 0.15) is 5.82 Å². The van der Waals surface area contributed by atoms with E-state index in [1.807, 2.05) is 10.6 Å². The molecule has 3 heterocycles. The molecule has 0 atom stereocenters. The molecule has 1 spiro atoms. The fourth-order valence-electron chi connectivity index (χ4n) is 7.05. The van der Waals surface area contributed by atoms with Gasteiger partial charge in [0.15, 0.2) is 11.6 Å². The van der Waals surface area contributed by atoms with E-state index in [0.29, 0.717) is 38.3 Å². The number of hydrogen-bond acceptors (Lipinski definition) is 4. The Hall–Kier alpha value is -3.08. The number of anilines is 1. The number of benzene rings is 2. The van der Waals surface area contributed by atoms with Gasteiger partial charge in [-0.1, -0.05) is 25.1 Å². The molecule has 0 unspecified atom stereocenters. The van der Waals surface area contributed by atoms with Crippen molar-refractivity contribution in [2.75, 3.05) is 24.5 Å². The first-order valence-corrected chi connectivity index (χ1v) is 14.2. The van der Waals surface area contributed by atoms with Crippen molar-refractivity contribution in [3.63, 3.8) is 0 Å². The van der Waals surface area contributed by atoms with Crippen molar-refractivity contribution in [3.8, 4) is 5.69 Å². The highest BCUT2D eigenvalue weighted by Crippen LogP contribution is 2.57. The molecule has 3 fully saturated rings. The molecule has 5 nitrogen and oxygen atoms in total. The van der Waals surface area contributed by atoms with Crippen LogP contribution in [0.25, 0.3) is 5.69 Å². The lowest BCUT2D eigenvalue weighted by molar-refractivity contribution is -0.139. The van der Waals surface area contributed by atoms with Gasteiger partial charge in [-0.15, -0.1) is 10.2 Å². The minimum atomic E-state index is -4.74. The third-order valence-corrected chi connectivity index (χ3v) is 9.32. The van der Waals surface area contributed by atoms with Crippen LogP contribution in [-0.2, 0) is 25.7 Å². The maximum atomic E-state index is 14.8. The average Bonchev–Trinajstić information content (AvgIpc) is 3.67. The first kappa shape index (κ1) is 26.8. The topological polar surface area (TPSA) is 37.2 Å². The van der Waals surface area contributed by atoms with Crippen LogP contribution in [0, 0.1) is 17.2 Å². The molecule has 7 rings (SSSR count). The molecule has 218 valence electrons. The van der Waals surface area contributed by atoms with Gasteiger partial charge >= 0.3 is 6.18 Å². The van der Waals surface area contributed by atoms with Crippen molar-refractivity contribution in [2.45, 2.75) is 70.1 Å². The molecule has 3 aromatic rings. The Labute approximate surface area is 234 Å². The number of rotatable bonds is 6. The molecule has 0 amide bonds. The first-order valence-electron chi connectivity index (χ1n) is 14.2. The van der Waals surface area contributed by atoms with Crippen LogP contribution < -0.4 is 4.90 Å². The molecule has 2 aliphatic heterocycles. The summed E-state index contributed by atoms with van der Waals surface area (Å²) in [6.45, 7) is 3.37. The lowest BCUT2D eigenvalue weighted by Crippen LogP contribution is -2.62. The highest BCUT2D eigenvalue weighted by molar-refractivity contribution is 5.55. The quantitative estimate of drug-likeness (QED) is 0.306. The highest BCUT2D eigenvalue weighted by atomic mass is 19.4. The van der Waals surface area contributed by atoms with E-state index >= 15 is 0 Å². The van der Waals surface area contributed by atoms with E-state index in [1.165, 1.54) is 12.1 Å². The predicted octanol–water partition coefficient (Wildman–Crippen LogP) is 6.73. The summed E-state index contributed by atoms with van der Waals surface area (Å²) in [4.78, 5) is 3.45. The minimum absolute atomic E-state index is 0.0195. The smallest absolute Gasteiger partial charge is 0.368 e. The zero-order valence-electron chi connectivity index (χ0n) is 22.7. The first-order chi connectivity index (χ1) is 19.5. The van der Waals surface area contributed by atoms with Gasteiger partial charge in [0.25, 0.3) is 5.92 Å². The van der Waals surface area contributed by atoms with Crippen molar-refractivity contribution >= 4 is 5.69 Å². The second-order valence-corrected chi connectivity index (χ2v) is 12.4. The summed E-state index contributed by atoms with van der Waals surface area (Å²) >= 11 is 0. The summed E-state index contributed by atoms with van der Waals surface area (Å²) in [5.41, 5.74) is 1.64. The second kappa shape index (κ2) is 9.21. The Balaban J connectivity index is 1.12. The van der Waals surface area contributed by atoms with Gasteiger partial charge in [0.2, 0.25) is 0 Å². The van der Waals surface area contributed by atoms with Gasteiger partial charge in [-0.05, 0) is 61.4 Å². The third kappa shape index (κ3) is 4.60. The van der Waals surface area contributed by atoms with Crippen LogP contribution in [0.15, 0.2) is 36.4 Å². The van der Waals surface area contributed by atoms with E-state index in [2.05, 4.69) is 29.3 Å². The van der Waals surface area contributed by atoms with E-state index in [0.717, 1.165) is 48.0 Å². The maximum Gasteiger partial charge on any atom is 0.419 e. The van der Waals surface area contributed by atoms with Crippen molar-refractivity contribution in [1.29, 1.82) is 0 Å². The van der Waals surface area contributed by atoms with Crippen LogP contribution in [0.1, 0.15) is 66.9 Å². The maximum absolute atomic E-state index is 14.8. The third-order valence-electron chi connectivity index (χ3n) is 9.32. The summed E-state index contributed by atoms with van der Waals surface area (Å²) in [7, 11) is 0. The Morgan fingerprint density at radius 1 is 0.951 bits per heavy atom. The Morgan fingerprint density at radius 3 is 2.39 bits per heavy atom. The molecular formula is C30H31F6N5. The molecule has 0 bridgehead atoms. The minimum Gasteiger partial charge on any atom is -0.368 e. The lowest BCUT2D eigenvalue weighted by Gasteiger charge is -2.59. The Kier molecular flexibility index (Phi) is 6.02. The number of aromatic nitrogens is 3. The van der Waals surface area contributed by atoms with E-state index in [1.54, 1.807) is 9.80 Å². The van der Waals surface area contributed by atoms with Gasteiger partial charge in [0.05, 0.1) is 30.0 Å². The summed E-state index contributed by atoms with van der Waals surface area (Å²) < 4.78 is 86.0. The standard InChI is InChI=1S/C30H31F6N5/c1-2-18-6-9-23-19(10-18)13-39(17-29(32,33)21-7-8-21)14-25-37-38-27(41(23)25)20-11-28(12-20)15-40(16-28)24-5-3-4-22(26(24)31)30(34,35)36/h3-6,9-10,20-21H,2,7-8,11-17H2,1H3. The summed E-state index contributed by atoms with van der Waals surface area (Å²) in [5, 5.41) is 9.00. The summed E-state index contributed by atoms with van der Waals surface area (Å²) in [5.74, 6) is -3.02. The zero-order chi connectivity index (χ0) is 28.7. The molecule has 1 saturated heterocycles. The normalized spacial score (nSPS) is 20.8. The van der Waals surface area contributed by atoms with Crippen LogP contribution in [0.4, 0.5) is 32.0 Å². The number of hydrogen-bond donors (Lipinski definition) is 0. The average molecular weight is 576 g/mol. The summed E-state index contributed by atoms with van der Waals surface area (Å²) in [6, 6.07) is 9.57. The van der Waals surface area contributed by atoms with Crippen molar-refractivity contribution in [2.24, 2.45) is 11.3 Å². The van der Waals surface area contributed by atoms with Gasteiger partial charge in [-0.2, -0.15) is 13.2 Å². The van der Waals surface area contributed by atoms with E-state index in [4.69, 9.17) is 0 Å². The fraction of sp³-hybridized carbons (Fsp3) is 0.533. The second-order valence-electron chi connectivity index (χ2n) is 12.4. The largest absolute Gasteiger partial charge is 0.419 e. The van der Waals surface area contributed by atoms with Gasteiger partial charge in [-0.3, -0.25) is 9.47 Å². The Bertz CT molecular complexity index is 1480. The molecule has 2 aromatic carbocycles. The van der Waals surface area contributed by atoms with Crippen LogP contribution in [-0.4, -0.2) is 45.2 Å². The number of nitrogens with zero attached hydrogens (tertiary/aromatic N) is 5. The molecule has 4 aliphatic rings. The van der Waals surface area contributed by atoms with Crippen molar-refractivity contribution in [1.82, 2.24) is 19.7 Å². The van der Waals surface area contributed by atoms with Crippen molar-refractivity contribution in [3.05, 3.63) is 70.6 Å². The highest BCUT2D eigenvalue weighted by Gasteiger charge is 2.55. The van der Waals surface area contributed by atoms with E-state index < -0.39 is 29.4 Å². The number of fused-ring (bicyclic) bond motifs is 3. The SMILES string of the molecule is CCc1ccc2c(c1)CN(CC(F)(F)C1CC1)Cc1nnc(C3CC4(C3)CN(c3cccc(C(F)(F)F)c3F)C4)n1-2. The van der Waals surface area contributed by atoms with Crippen molar-refractivity contribution < 1.29 is 26.3 Å². The summed E-state index contributed by atoms with van der Waals surface area (Å²) in [6.07, 6.45) is -1.26. The van der Waals surface area contributed by atoms with Gasteiger partial charge in [-0.25, -0.2) is 13.2 Å². The van der Waals surface area contributed by atoms with Crippen LogP contribution in [0.3, 0.4) is 0 Å². The zero-order valence-corrected chi connectivity index (χ0v) is 22.7. The van der Waals surface area contributed by atoms with Crippen LogP contribution in [0.2, 0.25) is 0 Å². The van der Waals surface area contributed by atoms with Gasteiger partial charge < -0.3 is 4.90 Å². The molecule has 41 heavy (non-hydrogen) atoms. The molecule has 2 saturated carbocycles. The molecule has 0 radical (unpaired) electrons. The van der Waals surface area contributed by atoms with E-state index in [9.17, 15) is 26.3 Å². The monoisotopic (exact) mass is 575 g/mol. The fourth-order valence-corrected chi connectivity index (χ4v) is 7.05. The number of halogens is 6. The molecule has 1 aromatic heterocycles. The molecule has 2 aliphatic carbocycles. The molecule has 11 heteroatoms. The van der Waals surface area contributed by atoms with Crippen LogP contribution >= 0.6 is 0 Å². The van der Waals surface area contributed by atoms with Crippen LogP contribution in [0.5, 0.6) is 0 Å². The number of aryl methyl sites for hydroxylation is 1.